The van der Waals surface area contributed by atoms with Crippen molar-refractivity contribution in [3.63, 3.8) is 0 Å². The van der Waals surface area contributed by atoms with Crippen molar-refractivity contribution in [2.24, 2.45) is 0 Å². The van der Waals surface area contributed by atoms with Gasteiger partial charge in [-0.25, -0.2) is 4.79 Å². The second-order valence-corrected chi connectivity index (χ2v) is 12.0. The first kappa shape index (κ1) is 34.7. The van der Waals surface area contributed by atoms with Crippen molar-refractivity contribution < 1.29 is 24.2 Å². The lowest BCUT2D eigenvalue weighted by Gasteiger charge is -2.35. The Labute approximate surface area is 252 Å². The van der Waals surface area contributed by atoms with Crippen LogP contribution in [0.1, 0.15) is 104 Å². The van der Waals surface area contributed by atoms with E-state index in [1.807, 2.05) is 37.3 Å². The molecule has 0 spiro atoms. The molecule has 2 aromatic carbocycles. The number of carbonyl (C=O) groups excluding carboxylic acids is 3. The van der Waals surface area contributed by atoms with E-state index < -0.39 is 23.8 Å². The van der Waals surface area contributed by atoms with Gasteiger partial charge in [0.1, 0.15) is 23.4 Å². The maximum absolute atomic E-state index is 14.5. The highest BCUT2D eigenvalue weighted by atomic mass is 16.6. The molecule has 3 amide bonds. The van der Waals surface area contributed by atoms with Crippen molar-refractivity contribution in [1.29, 1.82) is 0 Å². The summed E-state index contributed by atoms with van der Waals surface area (Å²) in [5.41, 5.74) is 0.719. The van der Waals surface area contributed by atoms with Crippen LogP contribution in [0.2, 0.25) is 0 Å². The van der Waals surface area contributed by atoms with Crippen LogP contribution >= 0.6 is 0 Å². The minimum Gasteiger partial charge on any atom is -0.508 e. The van der Waals surface area contributed by atoms with Crippen LogP contribution in [-0.2, 0) is 20.7 Å². The molecule has 232 valence electrons. The molecule has 0 aliphatic carbocycles. The molecular weight excluding hydrogens is 530 g/mol. The Morgan fingerprint density at radius 3 is 2.12 bits per heavy atom. The zero-order chi connectivity index (χ0) is 31.1. The number of ether oxygens (including phenoxy) is 1. The third-order valence-electron chi connectivity index (χ3n) is 6.94. The fourth-order valence-electron chi connectivity index (χ4n) is 4.91. The maximum atomic E-state index is 14.5. The molecule has 3 unspecified atom stereocenters. The van der Waals surface area contributed by atoms with Gasteiger partial charge in [0.05, 0.1) is 0 Å². The molecule has 42 heavy (non-hydrogen) atoms. The van der Waals surface area contributed by atoms with E-state index in [1.54, 1.807) is 37.8 Å². The van der Waals surface area contributed by atoms with Gasteiger partial charge in [0.2, 0.25) is 11.8 Å². The van der Waals surface area contributed by atoms with Gasteiger partial charge in [0.15, 0.2) is 0 Å². The van der Waals surface area contributed by atoms with Crippen molar-refractivity contribution in [3.05, 3.63) is 65.7 Å². The van der Waals surface area contributed by atoms with Crippen molar-refractivity contribution in [2.75, 3.05) is 6.54 Å². The van der Waals surface area contributed by atoms with Gasteiger partial charge in [0.25, 0.3) is 0 Å². The molecule has 8 heteroatoms. The molecule has 0 aliphatic rings. The van der Waals surface area contributed by atoms with E-state index in [9.17, 15) is 19.5 Å². The molecule has 3 atom stereocenters. The molecule has 0 aliphatic heterocycles. The van der Waals surface area contributed by atoms with Crippen LogP contribution in [0.25, 0.3) is 0 Å². The highest BCUT2D eigenvalue weighted by Gasteiger charge is 2.36. The molecule has 8 nitrogen and oxygen atoms in total. The van der Waals surface area contributed by atoms with E-state index in [-0.39, 0.29) is 30.0 Å². The van der Waals surface area contributed by atoms with Crippen LogP contribution in [-0.4, -0.2) is 52.1 Å². The zero-order valence-electron chi connectivity index (χ0n) is 26.3. The number of phenolic OH excluding ortho intramolecular Hbond substituents is 1. The number of hydrogen-bond acceptors (Lipinski definition) is 5. The highest BCUT2D eigenvalue weighted by Crippen LogP contribution is 2.26. The van der Waals surface area contributed by atoms with Crippen molar-refractivity contribution in [2.45, 2.75) is 117 Å². The number of rotatable bonds is 16. The van der Waals surface area contributed by atoms with Crippen LogP contribution in [0.15, 0.2) is 54.6 Å². The molecule has 2 aromatic rings. The predicted octanol–water partition coefficient (Wildman–Crippen LogP) is 6.67. The van der Waals surface area contributed by atoms with E-state index in [0.29, 0.717) is 18.5 Å². The number of aromatic hydroxyl groups is 1. The summed E-state index contributed by atoms with van der Waals surface area (Å²) < 4.78 is 5.52. The standard InChI is InChI=1S/C34H51N3O5/c1-7-9-10-11-15-23-37(30(27-19-21-28(38)22-20-27)31(39)35-25(3)16-8-2)32(40)29(24-26-17-13-12-14-18-26)36-33(41)42-34(4,5)6/h12-14,17-22,25,29-30,38H,7-11,15-16,23-24H2,1-6H3,(H,35,39)(H,36,41). The predicted molar refractivity (Wildman–Crippen MR) is 167 cm³/mol. The summed E-state index contributed by atoms with van der Waals surface area (Å²) in [7, 11) is 0. The van der Waals surface area contributed by atoms with Crippen LogP contribution in [0.5, 0.6) is 5.75 Å². The third kappa shape index (κ3) is 12.1. The Balaban J connectivity index is 2.53. The fourth-order valence-corrected chi connectivity index (χ4v) is 4.91. The number of nitrogens with one attached hydrogen (secondary N) is 2. The summed E-state index contributed by atoms with van der Waals surface area (Å²) in [6.07, 6.45) is 6.10. The van der Waals surface area contributed by atoms with Gasteiger partial charge in [-0.15, -0.1) is 0 Å². The van der Waals surface area contributed by atoms with Crippen LogP contribution in [0.3, 0.4) is 0 Å². The number of unbranched alkanes of at least 4 members (excludes halogenated alkanes) is 4. The monoisotopic (exact) mass is 581 g/mol. The molecule has 0 saturated carbocycles. The fraction of sp³-hybridized carbons (Fsp3) is 0.559. The van der Waals surface area contributed by atoms with Gasteiger partial charge in [-0.1, -0.05) is 88.4 Å². The van der Waals surface area contributed by atoms with Gasteiger partial charge >= 0.3 is 6.09 Å². The first-order valence-corrected chi connectivity index (χ1v) is 15.4. The Morgan fingerprint density at radius 2 is 1.52 bits per heavy atom. The largest absolute Gasteiger partial charge is 0.508 e. The lowest BCUT2D eigenvalue weighted by molar-refractivity contribution is -0.142. The number of phenols is 1. The first-order valence-electron chi connectivity index (χ1n) is 15.4. The molecule has 0 heterocycles. The van der Waals surface area contributed by atoms with Crippen molar-refractivity contribution >= 4 is 17.9 Å². The van der Waals surface area contributed by atoms with Crippen molar-refractivity contribution in [3.8, 4) is 5.75 Å². The summed E-state index contributed by atoms with van der Waals surface area (Å²) in [5.74, 6) is -0.584. The van der Waals surface area contributed by atoms with Crippen LogP contribution in [0.4, 0.5) is 4.79 Å². The topological polar surface area (TPSA) is 108 Å². The first-order chi connectivity index (χ1) is 19.9. The second kappa shape index (κ2) is 17.4. The van der Waals surface area contributed by atoms with E-state index >= 15 is 0 Å². The number of nitrogens with zero attached hydrogens (tertiary/aromatic N) is 1. The molecule has 0 saturated heterocycles. The van der Waals surface area contributed by atoms with E-state index in [1.165, 1.54) is 12.1 Å². The lowest BCUT2D eigenvalue weighted by Crippen LogP contribution is -2.54. The quantitative estimate of drug-likeness (QED) is 0.192. The SMILES string of the molecule is CCCCCCCN(C(=O)C(Cc1ccccc1)NC(=O)OC(C)(C)C)C(C(=O)NC(C)CCC)c1ccc(O)cc1. The summed E-state index contributed by atoms with van der Waals surface area (Å²) in [5, 5.41) is 15.9. The Kier molecular flexibility index (Phi) is 14.4. The van der Waals surface area contributed by atoms with Gasteiger partial charge in [-0.05, 0) is 63.8 Å². The second-order valence-electron chi connectivity index (χ2n) is 12.0. The smallest absolute Gasteiger partial charge is 0.408 e. The molecule has 2 rings (SSSR count). The molecule has 3 N–H and O–H groups in total. The summed E-state index contributed by atoms with van der Waals surface area (Å²) in [6, 6.07) is 13.9. The average molecular weight is 582 g/mol. The van der Waals surface area contributed by atoms with E-state index in [0.717, 1.165) is 44.1 Å². The average Bonchev–Trinajstić information content (AvgIpc) is 2.92. The van der Waals surface area contributed by atoms with Gasteiger partial charge in [-0.3, -0.25) is 9.59 Å². The van der Waals surface area contributed by atoms with Gasteiger partial charge in [-0.2, -0.15) is 0 Å². The Hall–Kier alpha value is -3.55. The van der Waals surface area contributed by atoms with Crippen LogP contribution in [0, 0.1) is 0 Å². The number of hydrogen-bond donors (Lipinski definition) is 3. The van der Waals surface area contributed by atoms with Gasteiger partial charge in [0, 0.05) is 19.0 Å². The lowest BCUT2D eigenvalue weighted by atomic mass is 9.99. The molecule has 0 bridgehead atoms. The van der Waals surface area contributed by atoms with E-state index in [4.69, 9.17) is 4.74 Å². The summed E-state index contributed by atoms with van der Waals surface area (Å²) in [4.78, 5) is 42.9. The zero-order valence-corrected chi connectivity index (χ0v) is 26.3. The number of alkyl carbamates (subject to hydrolysis) is 1. The minimum absolute atomic E-state index is 0.0725. The number of carbonyl (C=O) groups is 3. The maximum Gasteiger partial charge on any atom is 0.408 e. The highest BCUT2D eigenvalue weighted by molar-refractivity contribution is 5.92. The molecule has 0 radical (unpaired) electrons. The molecule has 0 fully saturated rings. The molecular formula is C34H51N3O5. The summed E-state index contributed by atoms with van der Waals surface area (Å²) in [6.45, 7) is 11.8. The minimum atomic E-state index is -0.960. The van der Waals surface area contributed by atoms with Crippen LogP contribution < -0.4 is 10.6 Å². The number of benzene rings is 2. The van der Waals surface area contributed by atoms with Gasteiger partial charge < -0.3 is 25.4 Å². The third-order valence-corrected chi connectivity index (χ3v) is 6.94. The summed E-state index contributed by atoms with van der Waals surface area (Å²) >= 11 is 0. The molecule has 0 aromatic heterocycles. The normalized spacial score (nSPS) is 13.5. The van der Waals surface area contributed by atoms with Crippen molar-refractivity contribution in [1.82, 2.24) is 15.5 Å². The number of amides is 3. The Bertz CT molecular complexity index is 1100. The Morgan fingerprint density at radius 1 is 0.881 bits per heavy atom. The van der Waals surface area contributed by atoms with E-state index in [2.05, 4.69) is 24.5 Å².